The fraction of sp³-hybridized carbons (Fsp3) is 0.917. The highest BCUT2D eigenvalue weighted by Gasteiger charge is 2.16. The van der Waals surface area contributed by atoms with Crippen LogP contribution in [0.25, 0.3) is 0 Å². The van der Waals surface area contributed by atoms with E-state index in [0.717, 1.165) is 25.9 Å². The third-order valence-corrected chi connectivity index (χ3v) is 3.12. The van der Waals surface area contributed by atoms with Crippen LogP contribution < -0.4 is 5.32 Å². The first-order valence-corrected chi connectivity index (χ1v) is 6.16. The molecule has 1 N–H and O–H groups in total. The molecule has 1 heterocycles. The van der Waals surface area contributed by atoms with Crippen molar-refractivity contribution < 1.29 is 0 Å². The van der Waals surface area contributed by atoms with Gasteiger partial charge in [0.25, 0.3) is 0 Å². The minimum absolute atomic E-state index is 0.692. The van der Waals surface area contributed by atoms with Gasteiger partial charge in [-0.1, -0.05) is 12.8 Å². The first kappa shape index (κ1) is 12.5. The van der Waals surface area contributed by atoms with E-state index < -0.39 is 0 Å². The van der Waals surface area contributed by atoms with Crippen LogP contribution in [-0.4, -0.2) is 37.1 Å². The molecule has 1 saturated heterocycles. The van der Waals surface area contributed by atoms with Crippen LogP contribution in [0.5, 0.6) is 0 Å². The summed E-state index contributed by atoms with van der Waals surface area (Å²) in [5.74, 6) is 0. The molecule has 1 atom stereocenters. The van der Waals surface area contributed by atoms with Crippen LogP contribution >= 0.6 is 0 Å². The Hall–Kier alpha value is -0.590. The summed E-state index contributed by atoms with van der Waals surface area (Å²) in [6.07, 6.45) is 5.58. The Morgan fingerprint density at radius 3 is 2.87 bits per heavy atom. The second kappa shape index (κ2) is 7.67. The molecule has 15 heavy (non-hydrogen) atoms. The maximum atomic E-state index is 8.40. The van der Waals surface area contributed by atoms with Gasteiger partial charge in [-0.3, -0.25) is 4.90 Å². The van der Waals surface area contributed by atoms with Crippen LogP contribution in [0.1, 0.15) is 39.0 Å². The summed E-state index contributed by atoms with van der Waals surface area (Å²) in [5, 5.41) is 11.8. The summed E-state index contributed by atoms with van der Waals surface area (Å²) in [6, 6.07) is 2.89. The van der Waals surface area contributed by atoms with E-state index in [2.05, 4.69) is 23.2 Å². The number of hydrogen-bond donors (Lipinski definition) is 1. The van der Waals surface area contributed by atoms with Crippen molar-refractivity contribution in [2.75, 3.05) is 26.2 Å². The molecule has 0 amide bonds. The molecule has 0 aromatic rings. The van der Waals surface area contributed by atoms with Gasteiger partial charge in [0.15, 0.2) is 0 Å². The average molecular weight is 209 g/mol. The Kier molecular flexibility index (Phi) is 6.38. The van der Waals surface area contributed by atoms with Crippen LogP contribution in [0.2, 0.25) is 0 Å². The Balaban J connectivity index is 1.97. The Labute approximate surface area is 93.5 Å². The lowest BCUT2D eigenvalue weighted by molar-refractivity contribution is 0.170. The van der Waals surface area contributed by atoms with Gasteiger partial charge in [0.1, 0.15) is 0 Å². The quantitative estimate of drug-likeness (QED) is 0.677. The van der Waals surface area contributed by atoms with Crippen molar-refractivity contribution in [1.29, 1.82) is 5.26 Å². The van der Waals surface area contributed by atoms with Crippen molar-refractivity contribution in [3.63, 3.8) is 0 Å². The maximum Gasteiger partial charge on any atom is 0.0621 e. The molecule has 86 valence electrons. The Morgan fingerprint density at radius 2 is 2.13 bits per heavy atom. The third-order valence-electron chi connectivity index (χ3n) is 3.12. The number of rotatable bonds is 6. The first-order chi connectivity index (χ1) is 7.34. The van der Waals surface area contributed by atoms with Crippen LogP contribution in [0.3, 0.4) is 0 Å². The van der Waals surface area contributed by atoms with Gasteiger partial charge in [0.05, 0.1) is 6.07 Å². The monoisotopic (exact) mass is 209 g/mol. The highest BCUT2D eigenvalue weighted by molar-refractivity contribution is 4.75. The summed E-state index contributed by atoms with van der Waals surface area (Å²) in [4.78, 5) is 2.57. The molecule has 0 unspecified atom stereocenters. The minimum atomic E-state index is 0.692. The standard InChI is InChI=1S/C12H23N3/c1-12-11-14-8-10-15(12)9-6-4-2-3-5-7-13/h12,14H,2-6,8-11H2,1H3/t12-/m0/s1. The molecule has 1 fully saturated rings. The van der Waals surface area contributed by atoms with E-state index in [1.54, 1.807) is 0 Å². The summed E-state index contributed by atoms with van der Waals surface area (Å²) >= 11 is 0. The molecule has 3 heteroatoms. The zero-order chi connectivity index (χ0) is 10.9. The van der Waals surface area contributed by atoms with Gasteiger partial charge in [-0.25, -0.2) is 0 Å². The molecule has 0 aliphatic carbocycles. The molecule has 0 aromatic carbocycles. The molecular formula is C12H23N3. The molecule has 3 nitrogen and oxygen atoms in total. The lowest BCUT2D eigenvalue weighted by Crippen LogP contribution is -2.49. The highest BCUT2D eigenvalue weighted by Crippen LogP contribution is 2.07. The lowest BCUT2D eigenvalue weighted by Gasteiger charge is -2.33. The number of nitrogens with one attached hydrogen (secondary N) is 1. The molecule has 0 saturated carbocycles. The summed E-state index contributed by atoms with van der Waals surface area (Å²) in [6.45, 7) is 6.99. The van der Waals surface area contributed by atoms with E-state index in [9.17, 15) is 0 Å². The van der Waals surface area contributed by atoms with Crippen LogP contribution in [0, 0.1) is 11.3 Å². The maximum absolute atomic E-state index is 8.40. The van der Waals surface area contributed by atoms with Crippen molar-refractivity contribution in [2.24, 2.45) is 0 Å². The van der Waals surface area contributed by atoms with Crippen molar-refractivity contribution in [3.05, 3.63) is 0 Å². The highest BCUT2D eigenvalue weighted by atomic mass is 15.2. The van der Waals surface area contributed by atoms with E-state index in [0.29, 0.717) is 6.04 Å². The fourth-order valence-electron chi connectivity index (χ4n) is 2.09. The Bertz CT molecular complexity index is 198. The SMILES string of the molecule is C[C@H]1CNCCN1CCCCCCC#N. The number of unbranched alkanes of at least 4 members (excludes halogenated alkanes) is 4. The number of hydrogen-bond acceptors (Lipinski definition) is 3. The predicted molar refractivity (Wildman–Crippen MR) is 62.6 cm³/mol. The van der Waals surface area contributed by atoms with Crippen molar-refractivity contribution in [1.82, 2.24) is 10.2 Å². The number of nitrogens with zero attached hydrogens (tertiary/aromatic N) is 2. The number of nitriles is 1. The third kappa shape index (κ3) is 5.15. The largest absolute Gasteiger partial charge is 0.314 e. The minimum Gasteiger partial charge on any atom is -0.314 e. The summed E-state index contributed by atoms with van der Waals surface area (Å²) < 4.78 is 0. The van der Waals surface area contributed by atoms with Gasteiger partial charge >= 0.3 is 0 Å². The van der Waals surface area contributed by atoms with E-state index in [1.165, 1.54) is 32.4 Å². The molecule has 1 rings (SSSR count). The zero-order valence-corrected chi connectivity index (χ0v) is 9.84. The Morgan fingerprint density at radius 1 is 1.33 bits per heavy atom. The van der Waals surface area contributed by atoms with E-state index in [4.69, 9.17) is 5.26 Å². The molecule has 0 radical (unpaired) electrons. The van der Waals surface area contributed by atoms with Crippen molar-refractivity contribution >= 4 is 0 Å². The number of piperazine rings is 1. The average Bonchev–Trinajstić information content (AvgIpc) is 2.25. The van der Waals surface area contributed by atoms with Gasteiger partial charge in [0, 0.05) is 32.1 Å². The van der Waals surface area contributed by atoms with Crippen molar-refractivity contribution in [2.45, 2.75) is 45.1 Å². The van der Waals surface area contributed by atoms with Crippen LogP contribution in [0.4, 0.5) is 0 Å². The molecule has 1 aliphatic heterocycles. The lowest BCUT2D eigenvalue weighted by atomic mass is 10.1. The zero-order valence-electron chi connectivity index (χ0n) is 9.84. The van der Waals surface area contributed by atoms with Crippen molar-refractivity contribution in [3.8, 4) is 6.07 Å². The molecule has 1 aliphatic rings. The van der Waals surface area contributed by atoms with Crippen LogP contribution in [0.15, 0.2) is 0 Å². The fourth-order valence-corrected chi connectivity index (χ4v) is 2.09. The van der Waals surface area contributed by atoms with Gasteiger partial charge in [-0.05, 0) is 26.3 Å². The van der Waals surface area contributed by atoms with E-state index in [-0.39, 0.29) is 0 Å². The van der Waals surface area contributed by atoms with E-state index in [1.807, 2.05) is 0 Å². The van der Waals surface area contributed by atoms with Gasteiger partial charge in [0.2, 0.25) is 0 Å². The topological polar surface area (TPSA) is 39.1 Å². The summed E-state index contributed by atoms with van der Waals surface area (Å²) in [5.41, 5.74) is 0. The van der Waals surface area contributed by atoms with Gasteiger partial charge in [-0.15, -0.1) is 0 Å². The van der Waals surface area contributed by atoms with Gasteiger partial charge in [-0.2, -0.15) is 5.26 Å². The first-order valence-electron chi connectivity index (χ1n) is 6.16. The molecule has 0 aromatic heterocycles. The second-order valence-electron chi connectivity index (χ2n) is 4.41. The molecular weight excluding hydrogens is 186 g/mol. The normalized spacial score (nSPS) is 22.5. The van der Waals surface area contributed by atoms with Crippen LogP contribution in [-0.2, 0) is 0 Å². The molecule has 0 bridgehead atoms. The van der Waals surface area contributed by atoms with E-state index >= 15 is 0 Å². The molecule has 0 spiro atoms. The summed E-state index contributed by atoms with van der Waals surface area (Å²) in [7, 11) is 0. The second-order valence-corrected chi connectivity index (χ2v) is 4.41. The predicted octanol–water partition coefficient (Wildman–Crippen LogP) is 1.75. The smallest absolute Gasteiger partial charge is 0.0621 e. The van der Waals surface area contributed by atoms with Gasteiger partial charge < -0.3 is 5.32 Å².